The van der Waals surface area contributed by atoms with Crippen molar-refractivity contribution >= 4 is 18.7 Å². The predicted molar refractivity (Wildman–Crippen MR) is 135 cm³/mol. The van der Waals surface area contributed by atoms with E-state index in [0.717, 1.165) is 23.2 Å². The van der Waals surface area contributed by atoms with Crippen molar-refractivity contribution in [3.63, 3.8) is 0 Å². The lowest BCUT2D eigenvalue weighted by Gasteiger charge is -2.43. The fraction of sp³-hybridized carbons (Fsp3) is 0.481. The molecule has 0 radical (unpaired) electrons. The molecule has 2 aromatic carbocycles. The zero-order chi connectivity index (χ0) is 23.8. The van der Waals surface area contributed by atoms with Gasteiger partial charge in [-0.1, -0.05) is 107 Å². The first-order valence-electron chi connectivity index (χ1n) is 11.5. The Kier molecular flexibility index (Phi) is 9.43. The Balaban J connectivity index is 2.33. The van der Waals surface area contributed by atoms with Gasteiger partial charge >= 0.3 is 0 Å². The molecule has 0 aliphatic heterocycles. The summed E-state index contributed by atoms with van der Waals surface area (Å²) in [6, 6.07) is 20.6. The van der Waals surface area contributed by atoms with Crippen LogP contribution in [-0.2, 0) is 9.16 Å². The monoisotopic (exact) mass is 456 g/mol. The Hall–Kier alpha value is -1.76. The molecule has 176 valence electrons. The van der Waals surface area contributed by atoms with E-state index in [9.17, 15) is 10.2 Å². The lowest BCUT2D eigenvalue weighted by molar-refractivity contribution is 0.0102. The van der Waals surface area contributed by atoms with E-state index in [4.69, 9.17) is 9.16 Å². The summed E-state index contributed by atoms with van der Waals surface area (Å²) in [7, 11) is -1.10. The number of aliphatic hydroxyl groups is 2. The van der Waals surface area contributed by atoms with Gasteiger partial charge in [0.15, 0.2) is 0 Å². The van der Waals surface area contributed by atoms with Crippen LogP contribution in [0.2, 0.25) is 5.04 Å². The topological polar surface area (TPSA) is 58.9 Å². The summed E-state index contributed by atoms with van der Waals surface area (Å²) in [5.41, 5.74) is -0.464. The third-order valence-corrected chi connectivity index (χ3v) is 11.1. The number of benzene rings is 2. The van der Waals surface area contributed by atoms with Crippen LogP contribution in [0.25, 0.3) is 0 Å². The molecule has 0 saturated heterocycles. The Morgan fingerprint density at radius 1 is 0.906 bits per heavy atom. The number of rotatable bonds is 11. The van der Waals surface area contributed by atoms with Gasteiger partial charge < -0.3 is 19.4 Å². The first kappa shape index (κ1) is 26.5. The molecule has 3 atom stereocenters. The van der Waals surface area contributed by atoms with Crippen LogP contribution in [0, 0.1) is 0 Å². The molecular formula is C27H40O4Si. The second-order valence-electron chi connectivity index (χ2n) is 9.66. The van der Waals surface area contributed by atoms with Crippen LogP contribution >= 0.6 is 0 Å². The summed E-state index contributed by atoms with van der Waals surface area (Å²) >= 11 is 0. The van der Waals surface area contributed by atoms with Gasteiger partial charge in [-0.15, -0.1) is 0 Å². The van der Waals surface area contributed by atoms with Crippen LogP contribution in [0.3, 0.4) is 0 Å². The van der Waals surface area contributed by atoms with Gasteiger partial charge in [0, 0.05) is 7.11 Å². The molecule has 0 bridgehead atoms. The van der Waals surface area contributed by atoms with Gasteiger partial charge in [0.25, 0.3) is 8.32 Å². The summed E-state index contributed by atoms with van der Waals surface area (Å²) in [6.45, 7) is 10.7. The fourth-order valence-electron chi connectivity index (χ4n) is 4.25. The van der Waals surface area contributed by atoms with Crippen LogP contribution in [0.5, 0.6) is 0 Å². The second-order valence-corrected chi connectivity index (χ2v) is 14.0. The van der Waals surface area contributed by atoms with Gasteiger partial charge in [0.2, 0.25) is 0 Å². The minimum atomic E-state index is -2.76. The number of hydrogen-bond acceptors (Lipinski definition) is 4. The van der Waals surface area contributed by atoms with E-state index in [1.807, 2.05) is 49.4 Å². The third-order valence-electron chi connectivity index (χ3n) is 6.14. The lowest BCUT2D eigenvalue weighted by Crippen LogP contribution is -2.67. The highest BCUT2D eigenvalue weighted by atomic mass is 28.4. The average Bonchev–Trinajstić information content (AvgIpc) is 2.78. The van der Waals surface area contributed by atoms with Crippen LogP contribution < -0.4 is 10.4 Å². The molecule has 4 nitrogen and oxygen atoms in total. The summed E-state index contributed by atoms with van der Waals surface area (Å²) in [5, 5.41) is 23.5. The first-order valence-corrected chi connectivity index (χ1v) is 13.4. The van der Waals surface area contributed by atoms with E-state index in [1.54, 1.807) is 13.2 Å². The normalized spacial score (nSPS) is 16.6. The smallest absolute Gasteiger partial charge is 0.261 e. The van der Waals surface area contributed by atoms with E-state index in [0.29, 0.717) is 0 Å². The number of methoxy groups -OCH3 is 1. The molecule has 0 heterocycles. The van der Waals surface area contributed by atoms with Gasteiger partial charge in [-0.05, 0) is 28.8 Å². The zero-order valence-corrected chi connectivity index (χ0v) is 21.4. The van der Waals surface area contributed by atoms with E-state index < -0.39 is 26.1 Å². The molecule has 0 aliphatic carbocycles. The average molecular weight is 457 g/mol. The van der Waals surface area contributed by atoms with Crippen molar-refractivity contribution in [2.45, 2.75) is 70.3 Å². The maximum absolute atomic E-state index is 10.8. The zero-order valence-electron chi connectivity index (χ0n) is 20.4. The Labute approximate surface area is 195 Å². The molecule has 0 amide bonds. The molecule has 0 unspecified atom stereocenters. The summed E-state index contributed by atoms with van der Waals surface area (Å²) in [5.74, 6) is 0. The standard InChI is InChI=1S/C27H40O4Si/c1-7-19-27(5,30-6)20-18-24(28)25(29)21-31-32(26(2,3)4,22-14-10-8-11-15-22)23-16-12-9-13-17-23/h8-18,20,24-25,28-29H,7,19,21H2,1-6H3/b20-18-/t24-,25-,27+/m1/s1. The molecule has 2 N–H and O–H groups in total. The molecule has 2 rings (SSSR count). The van der Waals surface area contributed by atoms with E-state index >= 15 is 0 Å². The minimum absolute atomic E-state index is 0.0380. The SMILES string of the molecule is CCC[C@@](C)(/C=C\[C@@H](O)[C@H](O)CO[Si](c1ccccc1)(c1ccccc1)C(C)(C)C)OC. The predicted octanol–water partition coefficient (Wildman–Crippen LogP) is 4.05. The van der Waals surface area contributed by atoms with Crippen LogP contribution in [-0.4, -0.2) is 50.1 Å². The fourth-order valence-corrected chi connectivity index (χ4v) is 8.83. The number of ether oxygens (including phenoxy) is 1. The second kappa shape index (κ2) is 11.4. The Bertz CT molecular complexity index is 792. The van der Waals surface area contributed by atoms with Crippen molar-refractivity contribution in [1.82, 2.24) is 0 Å². The molecule has 2 aromatic rings. The largest absolute Gasteiger partial charge is 0.405 e. The highest BCUT2D eigenvalue weighted by Gasteiger charge is 2.50. The maximum atomic E-state index is 10.8. The molecule has 0 saturated carbocycles. The van der Waals surface area contributed by atoms with Gasteiger partial charge in [0.1, 0.15) is 12.2 Å². The van der Waals surface area contributed by atoms with Crippen molar-refractivity contribution < 1.29 is 19.4 Å². The summed E-state index contributed by atoms with van der Waals surface area (Å²) in [4.78, 5) is 0. The minimum Gasteiger partial charge on any atom is -0.405 e. The maximum Gasteiger partial charge on any atom is 0.261 e. The van der Waals surface area contributed by atoms with Crippen molar-refractivity contribution in [3.8, 4) is 0 Å². The highest BCUT2D eigenvalue weighted by molar-refractivity contribution is 6.99. The molecule has 5 heteroatoms. The first-order chi connectivity index (χ1) is 15.1. The van der Waals surface area contributed by atoms with Crippen LogP contribution in [0.15, 0.2) is 72.8 Å². The molecular weight excluding hydrogens is 416 g/mol. The van der Waals surface area contributed by atoms with E-state index in [1.165, 1.54) is 0 Å². The molecule has 0 fully saturated rings. The molecule has 0 aromatic heterocycles. The third kappa shape index (κ3) is 6.18. The Morgan fingerprint density at radius 3 is 1.81 bits per heavy atom. The van der Waals surface area contributed by atoms with Gasteiger partial charge in [-0.3, -0.25) is 0 Å². The van der Waals surface area contributed by atoms with Crippen LogP contribution in [0.4, 0.5) is 0 Å². The van der Waals surface area contributed by atoms with E-state index in [-0.39, 0.29) is 11.6 Å². The van der Waals surface area contributed by atoms with Crippen molar-refractivity contribution in [2.24, 2.45) is 0 Å². The van der Waals surface area contributed by atoms with Gasteiger partial charge in [-0.25, -0.2) is 0 Å². The molecule has 0 aliphatic rings. The number of hydrogen-bond donors (Lipinski definition) is 2. The van der Waals surface area contributed by atoms with Gasteiger partial charge in [0.05, 0.1) is 12.2 Å². The molecule has 32 heavy (non-hydrogen) atoms. The quantitative estimate of drug-likeness (QED) is 0.396. The molecule has 0 spiro atoms. The highest BCUT2D eigenvalue weighted by Crippen LogP contribution is 2.36. The van der Waals surface area contributed by atoms with Crippen molar-refractivity contribution in [1.29, 1.82) is 0 Å². The summed E-state index contributed by atoms with van der Waals surface area (Å²) < 4.78 is 12.3. The van der Waals surface area contributed by atoms with Gasteiger partial charge in [-0.2, -0.15) is 0 Å². The van der Waals surface area contributed by atoms with E-state index in [2.05, 4.69) is 52.0 Å². The number of aliphatic hydroxyl groups excluding tert-OH is 2. The van der Waals surface area contributed by atoms with Crippen molar-refractivity contribution in [2.75, 3.05) is 13.7 Å². The lowest BCUT2D eigenvalue weighted by atomic mass is 9.98. The Morgan fingerprint density at radius 2 is 1.41 bits per heavy atom. The van der Waals surface area contributed by atoms with Crippen LogP contribution in [0.1, 0.15) is 47.5 Å². The summed E-state index contributed by atoms with van der Waals surface area (Å²) in [6.07, 6.45) is 3.17. The van der Waals surface area contributed by atoms with Crippen molar-refractivity contribution in [3.05, 3.63) is 72.8 Å².